The third-order valence-electron chi connectivity index (χ3n) is 3.74. The van der Waals surface area contributed by atoms with Crippen molar-refractivity contribution in [2.45, 2.75) is 49.8 Å². The molecule has 0 saturated carbocycles. The van der Waals surface area contributed by atoms with Crippen LogP contribution in [-0.4, -0.2) is 17.3 Å². The van der Waals surface area contributed by atoms with Crippen LogP contribution in [0.3, 0.4) is 0 Å². The molecule has 0 aromatic heterocycles. The summed E-state index contributed by atoms with van der Waals surface area (Å²) in [6.45, 7) is 10.3. The number of aryl methyl sites for hydroxylation is 2. The fraction of sp³-hybridized carbons (Fsp3) is 0.368. The molecule has 0 unspecified atom stereocenters. The van der Waals surface area contributed by atoms with E-state index in [1.165, 1.54) is 11.8 Å². The average molecular weight is 331 g/mol. The van der Waals surface area contributed by atoms with Crippen molar-refractivity contribution in [2.75, 3.05) is 12.4 Å². The van der Waals surface area contributed by atoms with Gasteiger partial charge in [-0.05, 0) is 48.6 Å². The molecule has 0 atom stereocenters. The van der Waals surface area contributed by atoms with Crippen molar-refractivity contribution in [1.82, 2.24) is 0 Å². The maximum atomic E-state index is 10.7. The van der Waals surface area contributed by atoms with Gasteiger partial charge in [0.1, 0.15) is 5.75 Å². The molecule has 0 heterocycles. The summed E-state index contributed by atoms with van der Waals surface area (Å²) in [6, 6.07) is 7.81. The van der Waals surface area contributed by atoms with E-state index < -0.39 is 0 Å². The highest BCUT2D eigenvalue weighted by Gasteiger charge is 2.22. The van der Waals surface area contributed by atoms with E-state index >= 15 is 0 Å². The Morgan fingerprint density at radius 2 is 1.39 bits per heavy atom. The van der Waals surface area contributed by atoms with Gasteiger partial charge in [-0.1, -0.05) is 38.6 Å². The molecule has 0 radical (unpaired) electrons. The molecule has 0 aliphatic heterocycles. The van der Waals surface area contributed by atoms with Crippen molar-refractivity contribution in [1.29, 1.82) is 0 Å². The molecule has 2 aromatic carbocycles. The normalized spacial score (nSPS) is 11.6. The number of anilines is 1. The van der Waals surface area contributed by atoms with Gasteiger partial charge >= 0.3 is 0 Å². The molecule has 0 fully saturated rings. The number of hydrogen-bond donors (Lipinski definition) is 3. The quantitative estimate of drug-likeness (QED) is 0.676. The lowest BCUT2D eigenvalue weighted by atomic mass is 9.85. The van der Waals surface area contributed by atoms with Crippen LogP contribution in [0.2, 0.25) is 0 Å². The third kappa shape index (κ3) is 3.75. The number of benzene rings is 2. The van der Waals surface area contributed by atoms with Crippen molar-refractivity contribution in [2.24, 2.45) is 0 Å². The second kappa shape index (κ2) is 6.36. The Labute approximate surface area is 142 Å². The summed E-state index contributed by atoms with van der Waals surface area (Å²) in [5, 5.41) is 24.1. The first-order chi connectivity index (χ1) is 10.6. The standard InChI is InChI=1S/C19H25NO2S/c1-11-7-13(19(3,4)5)17(21)15(9-11)23-16-10-12(2)8-14(20-6)18(16)22/h7-10,20-22H,1-6H3. The van der Waals surface area contributed by atoms with Crippen LogP contribution in [-0.2, 0) is 5.41 Å². The van der Waals surface area contributed by atoms with Crippen LogP contribution >= 0.6 is 11.8 Å². The Morgan fingerprint density at radius 1 is 0.870 bits per heavy atom. The second-order valence-corrected chi connectivity index (χ2v) is 8.00. The molecule has 0 spiro atoms. The largest absolute Gasteiger partial charge is 0.506 e. The fourth-order valence-corrected chi connectivity index (χ4v) is 3.67. The maximum absolute atomic E-state index is 10.7. The molecular formula is C19H25NO2S. The Morgan fingerprint density at radius 3 is 1.91 bits per heavy atom. The Kier molecular flexibility index (Phi) is 4.85. The van der Waals surface area contributed by atoms with E-state index in [0.29, 0.717) is 11.4 Å². The first kappa shape index (κ1) is 17.5. The summed E-state index contributed by atoms with van der Waals surface area (Å²) in [5.41, 5.74) is 3.61. The van der Waals surface area contributed by atoms with Gasteiger partial charge in [0.2, 0.25) is 0 Å². The number of hydrogen-bond acceptors (Lipinski definition) is 4. The SMILES string of the molecule is CNc1cc(C)cc(Sc2cc(C)cc(C(C)(C)C)c2O)c1O. The van der Waals surface area contributed by atoms with Crippen LogP contribution in [0.15, 0.2) is 34.1 Å². The van der Waals surface area contributed by atoms with Gasteiger partial charge in [0.25, 0.3) is 0 Å². The maximum Gasteiger partial charge on any atom is 0.152 e. The van der Waals surface area contributed by atoms with Crippen molar-refractivity contribution < 1.29 is 10.2 Å². The van der Waals surface area contributed by atoms with Crippen LogP contribution in [0.5, 0.6) is 11.5 Å². The van der Waals surface area contributed by atoms with Crippen LogP contribution in [0.4, 0.5) is 5.69 Å². The highest BCUT2D eigenvalue weighted by Crippen LogP contribution is 2.45. The molecule has 4 heteroatoms. The lowest BCUT2D eigenvalue weighted by Crippen LogP contribution is -2.12. The summed E-state index contributed by atoms with van der Waals surface area (Å²) in [7, 11) is 1.78. The molecule has 124 valence electrons. The van der Waals surface area contributed by atoms with Gasteiger partial charge in [0.15, 0.2) is 5.75 Å². The van der Waals surface area contributed by atoms with E-state index in [4.69, 9.17) is 0 Å². The summed E-state index contributed by atoms with van der Waals surface area (Å²) in [5.74, 6) is 0.501. The third-order valence-corrected chi connectivity index (χ3v) is 4.80. The topological polar surface area (TPSA) is 52.5 Å². The van der Waals surface area contributed by atoms with E-state index in [1.807, 2.05) is 38.1 Å². The Hall–Kier alpha value is -1.81. The first-order valence-corrected chi connectivity index (χ1v) is 8.48. The minimum atomic E-state index is -0.143. The molecule has 2 aromatic rings. The fourth-order valence-electron chi connectivity index (χ4n) is 2.53. The summed E-state index contributed by atoms with van der Waals surface area (Å²) >= 11 is 1.39. The lowest BCUT2D eigenvalue weighted by Gasteiger charge is -2.23. The molecule has 3 nitrogen and oxygen atoms in total. The minimum absolute atomic E-state index is 0.143. The summed E-state index contributed by atoms with van der Waals surface area (Å²) < 4.78 is 0. The zero-order chi connectivity index (χ0) is 17.4. The van der Waals surface area contributed by atoms with E-state index in [9.17, 15) is 10.2 Å². The monoisotopic (exact) mass is 331 g/mol. The molecule has 0 aliphatic carbocycles. The van der Waals surface area contributed by atoms with E-state index in [2.05, 4.69) is 26.1 Å². The Balaban J connectivity index is 2.54. The first-order valence-electron chi connectivity index (χ1n) is 7.66. The van der Waals surface area contributed by atoms with Gasteiger partial charge in [0.05, 0.1) is 15.5 Å². The summed E-state index contributed by atoms with van der Waals surface area (Å²) in [6.07, 6.45) is 0. The number of nitrogens with one attached hydrogen (secondary N) is 1. The van der Waals surface area contributed by atoms with Crippen molar-refractivity contribution in [3.63, 3.8) is 0 Å². The summed E-state index contributed by atoms with van der Waals surface area (Å²) in [4.78, 5) is 1.49. The van der Waals surface area contributed by atoms with Crippen molar-refractivity contribution in [3.8, 4) is 11.5 Å². The van der Waals surface area contributed by atoms with Gasteiger partial charge in [0, 0.05) is 12.6 Å². The lowest BCUT2D eigenvalue weighted by molar-refractivity contribution is 0.434. The number of phenolic OH excluding ortho intramolecular Hbond substituents is 2. The predicted molar refractivity (Wildman–Crippen MR) is 98.1 cm³/mol. The van der Waals surface area contributed by atoms with Crippen molar-refractivity contribution in [3.05, 3.63) is 41.0 Å². The van der Waals surface area contributed by atoms with Gasteiger partial charge in [-0.15, -0.1) is 0 Å². The molecule has 0 bridgehead atoms. The van der Waals surface area contributed by atoms with E-state index in [0.717, 1.165) is 26.5 Å². The number of phenols is 2. The molecular weight excluding hydrogens is 306 g/mol. The van der Waals surface area contributed by atoms with Crippen LogP contribution in [0, 0.1) is 13.8 Å². The second-order valence-electron chi connectivity index (χ2n) is 6.92. The zero-order valence-electron chi connectivity index (χ0n) is 14.6. The Bertz CT molecular complexity index is 733. The van der Waals surface area contributed by atoms with Gasteiger partial charge < -0.3 is 15.5 Å². The van der Waals surface area contributed by atoms with Crippen molar-refractivity contribution >= 4 is 17.4 Å². The number of rotatable bonds is 3. The van der Waals surface area contributed by atoms with E-state index in [1.54, 1.807) is 7.05 Å². The molecule has 3 N–H and O–H groups in total. The minimum Gasteiger partial charge on any atom is -0.506 e. The predicted octanol–water partition coefficient (Wildman–Crippen LogP) is 5.21. The van der Waals surface area contributed by atoms with Crippen LogP contribution < -0.4 is 5.32 Å². The van der Waals surface area contributed by atoms with Gasteiger partial charge in [-0.3, -0.25) is 0 Å². The highest BCUT2D eigenvalue weighted by atomic mass is 32.2. The highest BCUT2D eigenvalue weighted by molar-refractivity contribution is 7.99. The molecule has 23 heavy (non-hydrogen) atoms. The average Bonchev–Trinajstić information content (AvgIpc) is 2.44. The van der Waals surface area contributed by atoms with Crippen LogP contribution in [0.25, 0.3) is 0 Å². The van der Waals surface area contributed by atoms with Gasteiger partial charge in [-0.2, -0.15) is 0 Å². The van der Waals surface area contributed by atoms with Gasteiger partial charge in [-0.25, -0.2) is 0 Å². The van der Waals surface area contributed by atoms with E-state index in [-0.39, 0.29) is 11.2 Å². The smallest absolute Gasteiger partial charge is 0.152 e. The molecule has 0 saturated heterocycles. The zero-order valence-corrected chi connectivity index (χ0v) is 15.4. The molecule has 0 aliphatic rings. The molecule has 0 amide bonds. The van der Waals surface area contributed by atoms with Crippen LogP contribution in [0.1, 0.15) is 37.5 Å². The molecule has 2 rings (SSSR count). The number of aromatic hydroxyl groups is 2.